The molecule has 1 N–H and O–H groups in total. The molecule has 2 aromatic heterocycles. The van der Waals surface area contributed by atoms with Crippen LogP contribution >= 0.6 is 11.3 Å². The molecule has 1 aliphatic rings. The van der Waals surface area contributed by atoms with E-state index in [0.29, 0.717) is 13.0 Å². The van der Waals surface area contributed by atoms with Gasteiger partial charge in [-0.15, -0.1) is 10.2 Å². The van der Waals surface area contributed by atoms with Crippen LogP contribution in [0.5, 0.6) is 0 Å². The maximum atomic E-state index is 12.7. The number of hydrogen-bond donors (Lipinski definition) is 1. The fourth-order valence-corrected chi connectivity index (χ4v) is 4.46. The lowest BCUT2D eigenvalue weighted by atomic mass is 9.90. The SMILES string of the molecule is Cc1nnc(-c2ccc3cnc(CC(=O)C4CCN(CCO)CC4)cc3c2)s1. The Balaban J connectivity index is 1.47. The van der Waals surface area contributed by atoms with Gasteiger partial charge in [0.25, 0.3) is 0 Å². The van der Waals surface area contributed by atoms with E-state index in [2.05, 4.69) is 26.1 Å². The predicted molar refractivity (Wildman–Crippen MR) is 110 cm³/mol. The number of benzene rings is 1. The Morgan fingerprint density at radius 1 is 1.21 bits per heavy atom. The third-order valence-corrected chi connectivity index (χ3v) is 6.25. The van der Waals surface area contributed by atoms with Crippen LogP contribution in [0.2, 0.25) is 0 Å². The number of aryl methyl sites for hydroxylation is 1. The Bertz CT molecular complexity index is 979. The molecule has 3 aromatic rings. The highest BCUT2D eigenvalue weighted by Crippen LogP contribution is 2.27. The van der Waals surface area contributed by atoms with Crippen molar-refractivity contribution in [1.29, 1.82) is 0 Å². The highest BCUT2D eigenvalue weighted by molar-refractivity contribution is 7.14. The van der Waals surface area contributed by atoms with E-state index in [-0.39, 0.29) is 18.3 Å². The number of aliphatic hydroxyl groups excluding tert-OH is 1. The summed E-state index contributed by atoms with van der Waals surface area (Å²) in [6, 6.07) is 8.19. The quantitative estimate of drug-likeness (QED) is 0.690. The third-order valence-electron chi connectivity index (χ3n) is 5.37. The molecule has 0 spiro atoms. The van der Waals surface area contributed by atoms with Gasteiger partial charge in [0, 0.05) is 41.7 Å². The van der Waals surface area contributed by atoms with Crippen LogP contribution in [-0.2, 0) is 11.2 Å². The summed E-state index contributed by atoms with van der Waals surface area (Å²) in [5.41, 5.74) is 1.86. The van der Waals surface area contributed by atoms with Crippen LogP contribution < -0.4 is 0 Å². The molecule has 7 heteroatoms. The summed E-state index contributed by atoms with van der Waals surface area (Å²) in [6.07, 6.45) is 3.96. The molecule has 1 saturated heterocycles. The van der Waals surface area contributed by atoms with Crippen LogP contribution in [0.25, 0.3) is 21.3 Å². The summed E-state index contributed by atoms with van der Waals surface area (Å²) >= 11 is 1.58. The van der Waals surface area contributed by atoms with Crippen LogP contribution in [0.4, 0.5) is 0 Å². The third kappa shape index (κ3) is 4.27. The minimum Gasteiger partial charge on any atom is -0.395 e. The first kappa shape index (κ1) is 19.1. The number of piperidine rings is 1. The van der Waals surface area contributed by atoms with Crippen LogP contribution in [0, 0.1) is 12.8 Å². The van der Waals surface area contributed by atoms with Crippen LogP contribution in [0.3, 0.4) is 0 Å². The Morgan fingerprint density at radius 3 is 2.75 bits per heavy atom. The van der Waals surface area contributed by atoms with Gasteiger partial charge in [-0.05, 0) is 50.4 Å². The second kappa shape index (κ2) is 8.43. The maximum absolute atomic E-state index is 12.7. The molecule has 0 amide bonds. The van der Waals surface area contributed by atoms with Crippen molar-refractivity contribution in [2.75, 3.05) is 26.2 Å². The largest absolute Gasteiger partial charge is 0.395 e. The number of carbonyl (C=O) groups excluding carboxylic acids is 1. The first-order chi connectivity index (χ1) is 13.6. The smallest absolute Gasteiger partial charge is 0.147 e. The predicted octanol–water partition coefficient (Wildman–Crippen LogP) is 2.88. The molecule has 3 heterocycles. The highest BCUT2D eigenvalue weighted by Gasteiger charge is 2.24. The van der Waals surface area contributed by atoms with E-state index in [0.717, 1.165) is 58.0 Å². The molecule has 28 heavy (non-hydrogen) atoms. The monoisotopic (exact) mass is 396 g/mol. The Labute approximate surface area is 168 Å². The molecule has 146 valence electrons. The minimum absolute atomic E-state index is 0.100. The van der Waals surface area contributed by atoms with E-state index < -0.39 is 0 Å². The van der Waals surface area contributed by atoms with Crippen molar-refractivity contribution in [2.45, 2.75) is 26.2 Å². The number of nitrogens with zero attached hydrogens (tertiary/aromatic N) is 4. The lowest BCUT2D eigenvalue weighted by Crippen LogP contribution is -2.38. The van der Waals surface area contributed by atoms with Crippen molar-refractivity contribution in [3.05, 3.63) is 41.2 Å². The van der Waals surface area contributed by atoms with Gasteiger partial charge in [-0.25, -0.2) is 0 Å². The molecular formula is C21H24N4O2S. The molecule has 0 bridgehead atoms. The molecule has 6 nitrogen and oxygen atoms in total. The molecule has 1 aromatic carbocycles. The van der Waals surface area contributed by atoms with Gasteiger partial charge < -0.3 is 10.0 Å². The molecule has 0 atom stereocenters. The molecule has 4 rings (SSSR count). The number of hydrogen-bond acceptors (Lipinski definition) is 7. The van der Waals surface area contributed by atoms with Crippen molar-refractivity contribution in [3.8, 4) is 10.6 Å². The van der Waals surface area contributed by atoms with Crippen LogP contribution in [0.1, 0.15) is 23.5 Å². The first-order valence-electron chi connectivity index (χ1n) is 9.67. The zero-order valence-corrected chi connectivity index (χ0v) is 16.8. The van der Waals surface area contributed by atoms with E-state index in [1.54, 1.807) is 11.3 Å². The summed E-state index contributed by atoms with van der Waals surface area (Å²) in [5.74, 6) is 0.370. The molecular weight excluding hydrogens is 372 g/mol. The van der Waals surface area contributed by atoms with Gasteiger partial charge in [-0.3, -0.25) is 9.78 Å². The Kier molecular flexibility index (Phi) is 5.75. The van der Waals surface area contributed by atoms with Gasteiger partial charge in [0.1, 0.15) is 15.8 Å². The standard InChI is InChI=1S/C21H24N4O2S/c1-14-23-24-21(28-14)16-2-3-17-13-22-19(11-18(17)10-16)12-20(27)15-4-6-25(7-5-15)8-9-26/h2-3,10-11,13,15,26H,4-9,12H2,1H3. The average molecular weight is 397 g/mol. The van der Waals surface area contributed by atoms with Crippen molar-refractivity contribution in [2.24, 2.45) is 5.92 Å². The van der Waals surface area contributed by atoms with E-state index >= 15 is 0 Å². The van der Waals surface area contributed by atoms with E-state index in [9.17, 15) is 4.79 Å². The maximum Gasteiger partial charge on any atom is 0.147 e. The second-order valence-electron chi connectivity index (χ2n) is 7.35. The number of rotatable bonds is 6. The number of likely N-dealkylation sites (tertiary alicyclic amines) is 1. The lowest BCUT2D eigenvalue weighted by Gasteiger charge is -2.30. The molecule has 0 radical (unpaired) electrons. The number of aromatic nitrogens is 3. The summed E-state index contributed by atoms with van der Waals surface area (Å²) in [4.78, 5) is 19.5. The highest BCUT2D eigenvalue weighted by atomic mass is 32.1. The number of β-amino-alcohol motifs (C(OH)–C–C–N with tert-alkyl or cyclic N) is 1. The van der Waals surface area contributed by atoms with Gasteiger partial charge in [-0.1, -0.05) is 23.5 Å². The second-order valence-corrected chi connectivity index (χ2v) is 8.53. The Morgan fingerprint density at radius 2 is 2.04 bits per heavy atom. The molecule has 1 aliphatic heterocycles. The fourth-order valence-electron chi connectivity index (χ4n) is 3.77. The minimum atomic E-state index is 0.100. The van der Waals surface area contributed by atoms with Crippen molar-refractivity contribution < 1.29 is 9.90 Å². The van der Waals surface area contributed by atoms with Gasteiger partial charge in [0.05, 0.1) is 6.61 Å². The average Bonchev–Trinajstić information content (AvgIpc) is 3.14. The van der Waals surface area contributed by atoms with E-state index in [1.165, 1.54) is 0 Å². The number of fused-ring (bicyclic) bond motifs is 1. The number of carbonyl (C=O) groups is 1. The van der Waals surface area contributed by atoms with Crippen molar-refractivity contribution >= 4 is 27.9 Å². The number of aliphatic hydroxyl groups is 1. The van der Waals surface area contributed by atoms with Crippen molar-refractivity contribution in [1.82, 2.24) is 20.1 Å². The van der Waals surface area contributed by atoms with E-state index in [4.69, 9.17) is 5.11 Å². The molecule has 1 fully saturated rings. The van der Waals surface area contributed by atoms with Gasteiger partial charge >= 0.3 is 0 Å². The first-order valence-corrected chi connectivity index (χ1v) is 10.5. The summed E-state index contributed by atoms with van der Waals surface area (Å²) in [5, 5.41) is 21.3. The van der Waals surface area contributed by atoms with E-state index in [1.807, 2.05) is 31.3 Å². The number of pyridine rings is 1. The van der Waals surface area contributed by atoms with Gasteiger partial charge in [0.15, 0.2) is 0 Å². The van der Waals surface area contributed by atoms with Gasteiger partial charge in [-0.2, -0.15) is 0 Å². The summed E-state index contributed by atoms with van der Waals surface area (Å²) in [7, 11) is 0. The number of Topliss-reactive ketones (excluding diaryl/α,β-unsaturated/α-hetero) is 1. The lowest BCUT2D eigenvalue weighted by molar-refractivity contribution is -0.123. The van der Waals surface area contributed by atoms with Crippen LogP contribution in [-0.4, -0.2) is 57.2 Å². The molecule has 0 unspecified atom stereocenters. The molecule has 0 saturated carbocycles. The number of ketones is 1. The fraction of sp³-hybridized carbons (Fsp3) is 0.429. The summed E-state index contributed by atoms with van der Waals surface area (Å²) in [6.45, 7) is 4.59. The van der Waals surface area contributed by atoms with Crippen molar-refractivity contribution in [3.63, 3.8) is 0 Å². The summed E-state index contributed by atoms with van der Waals surface area (Å²) < 4.78 is 0. The Hall–Kier alpha value is -2.22. The zero-order valence-electron chi connectivity index (χ0n) is 16.0. The molecule has 0 aliphatic carbocycles. The van der Waals surface area contributed by atoms with Gasteiger partial charge in [0.2, 0.25) is 0 Å². The van der Waals surface area contributed by atoms with Crippen LogP contribution in [0.15, 0.2) is 30.5 Å². The zero-order chi connectivity index (χ0) is 19.5. The normalized spacial score (nSPS) is 15.9. The topological polar surface area (TPSA) is 79.2 Å².